The van der Waals surface area contributed by atoms with Crippen LogP contribution in [0.25, 0.3) is 0 Å². The lowest BCUT2D eigenvalue weighted by Crippen LogP contribution is -2.75. The fourth-order valence-corrected chi connectivity index (χ4v) is 7.86. The van der Waals surface area contributed by atoms with Crippen LogP contribution in [0.2, 0.25) is 0 Å². The molecule has 0 unspecified atom stereocenters. The molecule has 0 saturated carbocycles. The molecular formula is C52H90F17NO23S. The van der Waals surface area contributed by atoms with Gasteiger partial charge in [0.2, 0.25) is 0 Å². The highest BCUT2D eigenvalue weighted by Crippen LogP contribution is 2.64. The molecule has 0 aliphatic carbocycles. The van der Waals surface area contributed by atoms with Crippen LogP contribution in [0.3, 0.4) is 0 Å². The number of halogens is 17. The van der Waals surface area contributed by atoms with Crippen molar-refractivity contribution >= 4 is 10.0 Å². The molecule has 0 spiro atoms. The Labute approximate surface area is 534 Å². The predicted molar refractivity (Wildman–Crippen MR) is 290 cm³/mol. The van der Waals surface area contributed by atoms with Gasteiger partial charge in [0.25, 0.3) is 10.0 Å². The standard InChI is InChI=1S/C52H90F17NO23S/c1-2-70(94(72,73)52(68,69)50(63,64)48(59,60)46(55,56)45(53,54)47(57,58)49(61,62)51(65,66)67)3-5-74-7-9-76-11-13-78-15-17-80-19-21-82-23-25-84-27-29-86-31-33-88-35-37-90-39-41-92-43-44-93-42-40-91-38-36-89-34-32-87-30-28-85-26-24-83-22-20-81-18-16-79-14-12-77-10-8-75-6-4-71/h71H,2-44H2,1H3. The number of aliphatic hydroxyl groups excluding tert-OH is 1. The van der Waals surface area contributed by atoms with Gasteiger partial charge in [-0.05, 0) is 0 Å². The fourth-order valence-electron chi connectivity index (χ4n) is 6.43. The highest BCUT2D eigenvalue weighted by Gasteiger charge is 2.96. The number of hydrogen-bond donors (Lipinski definition) is 1. The fraction of sp³-hybridized carbons (Fsp3) is 1.00. The molecule has 0 bridgehead atoms. The summed E-state index contributed by atoms with van der Waals surface area (Å²) in [6, 6.07) is 0. The Bertz CT molecular complexity index is 1890. The first-order valence-electron chi connectivity index (χ1n) is 29.4. The molecule has 0 aromatic carbocycles. The molecule has 0 heterocycles. The maximum Gasteiger partial charge on any atom is 0.460 e. The van der Waals surface area contributed by atoms with Gasteiger partial charge in [0.1, 0.15) is 0 Å². The third kappa shape index (κ3) is 35.8. The van der Waals surface area contributed by atoms with E-state index < -0.39 is 87.6 Å². The molecule has 0 aromatic rings. The minimum atomic E-state index is -8.91. The Morgan fingerprint density at radius 2 is 0.394 bits per heavy atom. The second-order valence-corrected chi connectivity index (χ2v) is 20.4. The first kappa shape index (κ1) is 91.9. The SMILES string of the molecule is CCN(CCOCCOCCOCCOCCOCCOCCOCCOCCOCCOCCOCCOCCOCCOCCOCCOCCOCCOCCOCCOCCO)S(=O)(=O)C(F)(F)C(F)(F)C(F)(F)C(F)(F)C(F)(F)C(F)(F)C(F)(F)C(F)(F)F. The number of ether oxygens (including phenoxy) is 20. The van der Waals surface area contributed by atoms with Crippen LogP contribution in [-0.2, 0) is 105 Å². The Balaban J connectivity index is 3.64. The normalized spacial score (nSPS) is 13.6. The van der Waals surface area contributed by atoms with E-state index in [1.807, 2.05) is 0 Å². The van der Waals surface area contributed by atoms with Gasteiger partial charge in [-0.25, -0.2) is 8.42 Å². The van der Waals surface area contributed by atoms with Gasteiger partial charge in [0.05, 0.1) is 271 Å². The largest absolute Gasteiger partial charge is 0.460 e. The first-order valence-corrected chi connectivity index (χ1v) is 30.8. The number of aliphatic hydroxyl groups is 1. The van der Waals surface area contributed by atoms with Crippen molar-refractivity contribution in [2.45, 2.75) is 53.9 Å². The van der Waals surface area contributed by atoms with Crippen molar-refractivity contribution in [2.75, 3.05) is 284 Å². The predicted octanol–water partition coefficient (Wildman–Crippen LogP) is 4.93. The van der Waals surface area contributed by atoms with Crippen LogP contribution in [0.1, 0.15) is 6.92 Å². The maximum atomic E-state index is 14.6. The van der Waals surface area contributed by atoms with Crippen molar-refractivity contribution in [2.24, 2.45) is 0 Å². The highest BCUT2D eigenvalue weighted by atomic mass is 32.2. The quantitative estimate of drug-likeness (QED) is 0.0627. The number of nitrogens with zero attached hydrogens (tertiary/aromatic N) is 1. The van der Waals surface area contributed by atoms with E-state index in [2.05, 4.69) is 0 Å². The summed E-state index contributed by atoms with van der Waals surface area (Å²) < 4.78 is 363. The van der Waals surface area contributed by atoms with E-state index in [0.717, 1.165) is 0 Å². The third-order valence-corrected chi connectivity index (χ3v) is 13.5. The Morgan fingerprint density at radius 1 is 0.245 bits per heavy atom. The molecule has 94 heavy (non-hydrogen) atoms. The summed E-state index contributed by atoms with van der Waals surface area (Å²) in [6.45, 7) is 9.14. The maximum absolute atomic E-state index is 14.6. The average molecular weight is 1450 g/mol. The lowest BCUT2D eigenvalue weighted by molar-refractivity contribution is -0.458. The highest BCUT2D eigenvalue weighted by molar-refractivity contribution is 7.90. The molecule has 0 aliphatic rings. The second kappa shape index (κ2) is 52.8. The van der Waals surface area contributed by atoms with Crippen LogP contribution in [0.15, 0.2) is 0 Å². The summed E-state index contributed by atoms with van der Waals surface area (Å²) in [4.78, 5) is 0. The van der Waals surface area contributed by atoms with Crippen molar-refractivity contribution < 1.29 is 183 Å². The number of rotatable bonds is 71. The Morgan fingerprint density at radius 3 is 0.553 bits per heavy atom. The molecule has 0 aromatic heterocycles. The van der Waals surface area contributed by atoms with Gasteiger partial charge in [0, 0.05) is 13.1 Å². The van der Waals surface area contributed by atoms with Gasteiger partial charge in [-0.15, -0.1) is 0 Å². The van der Waals surface area contributed by atoms with Crippen molar-refractivity contribution in [3.63, 3.8) is 0 Å². The number of hydrogen-bond acceptors (Lipinski definition) is 23. The van der Waals surface area contributed by atoms with E-state index in [0.29, 0.717) is 205 Å². The number of alkyl halides is 17. The zero-order valence-electron chi connectivity index (χ0n) is 52.1. The zero-order valence-corrected chi connectivity index (χ0v) is 52.9. The van der Waals surface area contributed by atoms with Crippen molar-refractivity contribution in [3.8, 4) is 0 Å². The van der Waals surface area contributed by atoms with Crippen LogP contribution in [0, 0.1) is 0 Å². The van der Waals surface area contributed by atoms with E-state index in [1.165, 1.54) is 0 Å². The van der Waals surface area contributed by atoms with E-state index >= 15 is 0 Å². The monoisotopic (exact) mass is 1450 g/mol. The average Bonchev–Trinajstić information content (AvgIpc) is 0.693. The van der Waals surface area contributed by atoms with Gasteiger partial charge in [0.15, 0.2) is 0 Å². The molecule has 42 heteroatoms. The Hall–Kier alpha value is -2.12. The van der Waals surface area contributed by atoms with Crippen molar-refractivity contribution in [3.05, 3.63) is 0 Å². The van der Waals surface area contributed by atoms with Gasteiger partial charge in [-0.1, -0.05) is 6.92 Å². The van der Waals surface area contributed by atoms with E-state index in [4.69, 9.17) is 99.8 Å². The molecule has 0 amide bonds. The third-order valence-electron chi connectivity index (χ3n) is 11.5. The molecule has 0 saturated heterocycles. The zero-order chi connectivity index (χ0) is 70.6. The van der Waals surface area contributed by atoms with Crippen LogP contribution in [0.4, 0.5) is 74.6 Å². The molecule has 0 atom stereocenters. The first-order chi connectivity index (χ1) is 44.5. The van der Waals surface area contributed by atoms with Gasteiger partial charge < -0.3 is 99.8 Å². The smallest absolute Gasteiger partial charge is 0.394 e. The summed E-state index contributed by atoms with van der Waals surface area (Å²) in [7, 11) is -7.42. The van der Waals surface area contributed by atoms with Crippen LogP contribution in [-0.4, -0.2) is 349 Å². The Kier molecular flexibility index (Phi) is 51.6. The lowest BCUT2D eigenvalue weighted by Gasteiger charge is -2.43. The minimum absolute atomic E-state index is 0.00480. The molecule has 0 rings (SSSR count). The van der Waals surface area contributed by atoms with Crippen molar-refractivity contribution in [1.82, 2.24) is 4.31 Å². The van der Waals surface area contributed by atoms with Gasteiger partial charge in [-0.3, -0.25) is 0 Å². The molecule has 0 fully saturated rings. The molecule has 0 aliphatic heterocycles. The molecule has 0 radical (unpaired) electrons. The summed E-state index contributed by atoms with van der Waals surface area (Å²) in [6.07, 6.45) is -7.92. The van der Waals surface area contributed by atoms with Crippen LogP contribution >= 0.6 is 0 Å². The number of likely N-dealkylation sites (N-methyl/N-ethyl adjacent to an activating group) is 1. The summed E-state index contributed by atoms with van der Waals surface area (Å²) in [5, 5.41) is 0.958. The van der Waals surface area contributed by atoms with Gasteiger partial charge >= 0.3 is 47.0 Å². The van der Waals surface area contributed by atoms with E-state index in [9.17, 15) is 83.1 Å². The molecule has 1 N–H and O–H groups in total. The summed E-state index contributed by atoms with van der Waals surface area (Å²) >= 11 is 0. The van der Waals surface area contributed by atoms with Crippen LogP contribution < -0.4 is 0 Å². The minimum Gasteiger partial charge on any atom is -0.394 e. The number of sulfonamides is 1. The van der Waals surface area contributed by atoms with Crippen molar-refractivity contribution in [1.29, 1.82) is 0 Å². The summed E-state index contributed by atoms with van der Waals surface area (Å²) in [5.41, 5.74) is 0. The summed E-state index contributed by atoms with van der Waals surface area (Å²) in [5.74, 6) is -52.0. The van der Waals surface area contributed by atoms with Crippen LogP contribution in [0.5, 0.6) is 0 Å². The second-order valence-electron chi connectivity index (χ2n) is 18.4. The van der Waals surface area contributed by atoms with E-state index in [-0.39, 0.29) is 59.5 Å². The molecular weight excluding hydrogens is 1360 g/mol. The van der Waals surface area contributed by atoms with E-state index in [1.54, 1.807) is 0 Å². The molecule has 566 valence electrons. The molecule has 24 nitrogen and oxygen atoms in total. The van der Waals surface area contributed by atoms with Gasteiger partial charge in [-0.2, -0.15) is 78.9 Å². The lowest BCUT2D eigenvalue weighted by atomic mass is 9.91. The topological polar surface area (TPSA) is 242 Å².